The van der Waals surface area contributed by atoms with Gasteiger partial charge >= 0.3 is 0 Å². The molecule has 2 rings (SSSR count). The molecule has 0 aromatic heterocycles. The van der Waals surface area contributed by atoms with Crippen LogP contribution >= 0.6 is 0 Å². The molecule has 104 valence electrons. The molecule has 0 bridgehead atoms. The first-order valence-corrected chi connectivity index (χ1v) is 8.23. The molecule has 0 atom stereocenters. The van der Waals surface area contributed by atoms with Crippen LogP contribution in [0.15, 0.2) is 0 Å². The number of likely N-dealkylation sites (N-methyl/N-ethyl adjacent to an activating group) is 1. The summed E-state index contributed by atoms with van der Waals surface area (Å²) in [6.45, 7) is 7.22. The van der Waals surface area contributed by atoms with Crippen molar-refractivity contribution in [2.45, 2.75) is 6.92 Å². The summed E-state index contributed by atoms with van der Waals surface area (Å²) in [5.74, 6) is -0.0152. The normalized spacial score (nSPS) is 24.0. The molecule has 0 aliphatic carbocycles. The van der Waals surface area contributed by atoms with Crippen LogP contribution in [-0.2, 0) is 14.8 Å². The van der Waals surface area contributed by atoms with Crippen LogP contribution < -0.4 is 0 Å². The maximum absolute atomic E-state index is 12.1. The summed E-state index contributed by atoms with van der Waals surface area (Å²) in [5.41, 5.74) is 0. The highest BCUT2D eigenvalue weighted by Gasteiger charge is 2.40. The predicted octanol–water partition coefficient (Wildman–Crippen LogP) is -0.958. The van der Waals surface area contributed by atoms with E-state index in [-0.39, 0.29) is 11.8 Å². The monoisotopic (exact) mass is 275 g/mol. The van der Waals surface area contributed by atoms with Crippen LogP contribution in [0.3, 0.4) is 0 Å². The first-order valence-electron chi connectivity index (χ1n) is 6.38. The molecular formula is C11H21N3O3S. The van der Waals surface area contributed by atoms with E-state index in [1.807, 2.05) is 4.90 Å². The Bertz CT molecular complexity index is 409. The summed E-state index contributed by atoms with van der Waals surface area (Å²) in [5, 5.41) is 0. The number of carbonyl (C=O) groups is 1. The highest BCUT2D eigenvalue weighted by molar-refractivity contribution is 7.88. The van der Waals surface area contributed by atoms with Crippen LogP contribution in [0.4, 0.5) is 0 Å². The number of hydrogen-bond donors (Lipinski definition) is 0. The van der Waals surface area contributed by atoms with E-state index in [0.717, 1.165) is 32.7 Å². The third-order valence-corrected chi connectivity index (χ3v) is 5.03. The molecule has 2 fully saturated rings. The van der Waals surface area contributed by atoms with Gasteiger partial charge < -0.3 is 9.80 Å². The van der Waals surface area contributed by atoms with Gasteiger partial charge in [0.25, 0.3) is 0 Å². The van der Waals surface area contributed by atoms with E-state index in [1.54, 1.807) is 0 Å². The second-order valence-corrected chi connectivity index (χ2v) is 7.02. The van der Waals surface area contributed by atoms with Crippen molar-refractivity contribution in [1.82, 2.24) is 14.1 Å². The van der Waals surface area contributed by atoms with Gasteiger partial charge in [-0.15, -0.1) is 0 Å². The van der Waals surface area contributed by atoms with Crippen molar-refractivity contribution in [3.8, 4) is 0 Å². The summed E-state index contributed by atoms with van der Waals surface area (Å²) in [6, 6.07) is 0. The van der Waals surface area contributed by atoms with E-state index in [2.05, 4.69) is 11.8 Å². The Balaban J connectivity index is 1.81. The number of nitrogens with zero attached hydrogens (tertiary/aromatic N) is 3. The molecule has 2 heterocycles. The van der Waals surface area contributed by atoms with Crippen molar-refractivity contribution < 1.29 is 13.2 Å². The Morgan fingerprint density at radius 1 is 1.17 bits per heavy atom. The van der Waals surface area contributed by atoms with Gasteiger partial charge in [-0.2, -0.15) is 0 Å². The Labute approximate surface area is 109 Å². The third kappa shape index (κ3) is 2.84. The quantitative estimate of drug-likeness (QED) is 0.666. The molecular weight excluding hydrogens is 254 g/mol. The van der Waals surface area contributed by atoms with Crippen LogP contribution in [0.5, 0.6) is 0 Å². The van der Waals surface area contributed by atoms with Crippen molar-refractivity contribution in [1.29, 1.82) is 0 Å². The Kier molecular flexibility index (Phi) is 3.93. The van der Waals surface area contributed by atoms with Gasteiger partial charge in [0, 0.05) is 39.3 Å². The molecule has 2 aliphatic rings. The van der Waals surface area contributed by atoms with Gasteiger partial charge in [-0.05, 0) is 6.54 Å². The maximum atomic E-state index is 12.1. The van der Waals surface area contributed by atoms with E-state index in [4.69, 9.17) is 0 Å². The third-order valence-electron chi connectivity index (χ3n) is 3.80. The van der Waals surface area contributed by atoms with Crippen LogP contribution in [0, 0.1) is 5.92 Å². The fourth-order valence-electron chi connectivity index (χ4n) is 2.41. The highest BCUT2D eigenvalue weighted by atomic mass is 32.2. The summed E-state index contributed by atoms with van der Waals surface area (Å²) in [7, 11) is -3.12. The van der Waals surface area contributed by atoms with E-state index in [0.29, 0.717) is 13.1 Å². The van der Waals surface area contributed by atoms with Crippen LogP contribution in [-0.4, -0.2) is 80.5 Å². The molecule has 2 aliphatic heterocycles. The van der Waals surface area contributed by atoms with E-state index in [1.165, 1.54) is 10.6 Å². The summed E-state index contributed by atoms with van der Waals surface area (Å²) in [4.78, 5) is 16.3. The molecule has 0 aromatic carbocycles. The van der Waals surface area contributed by atoms with Gasteiger partial charge in [0.05, 0.1) is 12.2 Å². The van der Waals surface area contributed by atoms with Crippen molar-refractivity contribution in [3.63, 3.8) is 0 Å². The molecule has 1 amide bonds. The van der Waals surface area contributed by atoms with Crippen molar-refractivity contribution in [2.75, 3.05) is 52.1 Å². The first kappa shape index (κ1) is 13.8. The molecule has 0 spiro atoms. The second-order valence-electron chi connectivity index (χ2n) is 5.04. The lowest BCUT2D eigenvalue weighted by molar-refractivity contribution is -0.140. The van der Waals surface area contributed by atoms with Gasteiger partial charge in [-0.25, -0.2) is 12.7 Å². The number of piperazine rings is 1. The standard InChI is InChI=1S/C11H21N3O3S/c1-3-12-4-6-13(7-5-12)11(15)10-8-14(9-10)18(2,16)17/h10H,3-9H2,1-2H3. The average Bonchev–Trinajstić information content (AvgIpc) is 2.25. The predicted molar refractivity (Wildman–Crippen MR) is 68.6 cm³/mol. The van der Waals surface area contributed by atoms with Crippen LogP contribution in [0.25, 0.3) is 0 Å². The van der Waals surface area contributed by atoms with Gasteiger partial charge in [0.15, 0.2) is 0 Å². The zero-order chi connectivity index (χ0) is 13.3. The highest BCUT2D eigenvalue weighted by Crippen LogP contribution is 2.21. The Hall–Kier alpha value is -0.660. The summed E-state index contributed by atoms with van der Waals surface area (Å²) in [6.07, 6.45) is 1.19. The van der Waals surface area contributed by atoms with Gasteiger partial charge in [0.2, 0.25) is 15.9 Å². The summed E-state index contributed by atoms with van der Waals surface area (Å²) >= 11 is 0. The van der Waals surface area contributed by atoms with Gasteiger partial charge in [-0.3, -0.25) is 4.79 Å². The Morgan fingerprint density at radius 2 is 1.72 bits per heavy atom. The lowest BCUT2D eigenvalue weighted by Crippen LogP contribution is -2.58. The fourth-order valence-corrected chi connectivity index (χ4v) is 3.31. The lowest BCUT2D eigenvalue weighted by atomic mass is 10.0. The summed E-state index contributed by atoms with van der Waals surface area (Å²) < 4.78 is 23.8. The largest absolute Gasteiger partial charge is 0.340 e. The zero-order valence-corrected chi connectivity index (χ0v) is 11.8. The maximum Gasteiger partial charge on any atom is 0.228 e. The van der Waals surface area contributed by atoms with Gasteiger partial charge in [-0.1, -0.05) is 6.92 Å². The number of amides is 1. The van der Waals surface area contributed by atoms with E-state index >= 15 is 0 Å². The fraction of sp³-hybridized carbons (Fsp3) is 0.909. The minimum atomic E-state index is -3.12. The molecule has 18 heavy (non-hydrogen) atoms. The van der Waals surface area contributed by atoms with Crippen LogP contribution in [0.2, 0.25) is 0 Å². The second kappa shape index (κ2) is 5.14. The SMILES string of the molecule is CCN1CCN(C(=O)C2CN(S(C)(=O)=O)C2)CC1. The molecule has 0 saturated carbocycles. The number of hydrogen-bond acceptors (Lipinski definition) is 4. The van der Waals surface area contributed by atoms with Crippen molar-refractivity contribution in [3.05, 3.63) is 0 Å². The topological polar surface area (TPSA) is 60.9 Å². The molecule has 0 N–H and O–H groups in total. The minimum Gasteiger partial charge on any atom is -0.340 e. The average molecular weight is 275 g/mol. The molecule has 6 nitrogen and oxygen atoms in total. The number of rotatable bonds is 3. The minimum absolute atomic E-state index is 0.116. The zero-order valence-electron chi connectivity index (χ0n) is 11.0. The number of sulfonamides is 1. The Morgan fingerprint density at radius 3 is 2.17 bits per heavy atom. The van der Waals surface area contributed by atoms with E-state index < -0.39 is 10.0 Å². The lowest BCUT2D eigenvalue weighted by Gasteiger charge is -2.41. The number of carbonyl (C=O) groups excluding carboxylic acids is 1. The van der Waals surface area contributed by atoms with Gasteiger partial charge in [0.1, 0.15) is 0 Å². The van der Waals surface area contributed by atoms with Crippen LogP contribution in [0.1, 0.15) is 6.92 Å². The first-order chi connectivity index (χ1) is 8.41. The molecule has 0 unspecified atom stereocenters. The van der Waals surface area contributed by atoms with E-state index in [9.17, 15) is 13.2 Å². The molecule has 0 radical (unpaired) electrons. The molecule has 0 aromatic rings. The van der Waals surface area contributed by atoms with Crippen molar-refractivity contribution >= 4 is 15.9 Å². The smallest absolute Gasteiger partial charge is 0.228 e. The molecule has 2 saturated heterocycles. The van der Waals surface area contributed by atoms with Crippen molar-refractivity contribution in [2.24, 2.45) is 5.92 Å². The molecule has 7 heteroatoms.